The van der Waals surface area contributed by atoms with Gasteiger partial charge in [-0.1, -0.05) is 0 Å². The minimum Gasteiger partial charge on any atom is -0.383 e. The molecule has 7 nitrogen and oxygen atoms in total. The highest BCUT2D eigenvalue weighted by Gasteiger charge is 2.30. The van der Waals surface area contributed by atoms with Crippen LogP contribution in [0.1, 0.15) is 34.1 Å². The third kappa shape index (κ3) is 3.27. The van der Waals surface area contributed by atoms with Crippen LogP contribution in [0.2, 0.25) is 0 Å². The van der Waals surface area contributed by atoms with Gasteiger partial charge in [0.25, 0.3) is 5.91 Å². The zero-order valence-electron chi connectivity index (χ0n) is 16.1. The number of carbonyl (C=O) groups is 1. The Bertz CT molecular complexity index is 1050. The summed E-state index contributed by atoms with van der Waals surface area (Å²) in [7, 11) is 1.62. The second kappa shape index (κ2) is 7.89. The van der Waals surface area contributed by atoms with Crippen LogP contribution in [0, 0.1) is 6.92 Å². The van der Waals surface area contributed by atoms with Crippen molar-refractivity contribution in [1.29, 1.82) is 0 Å². The molecule has 0 spiro atoms. The number of nitrogens with zero attached hydrogens (tertiary/aromatic N) is 4. The molecule has 1 atom stereocenters. The van der Waals surface area contributed by atoms with Crippen LogP contribution in [-0.4, -0.2) is 51.7 Å². The van der Waals surface area contributed by atoms with E-state index in [0.717, 1.165) is 35.3 Å². The third-order valence-electron chi connectivity index (χ3n) is 5.35. The van der Waals surface area contributed by atoms with Crippen molar-refractivity contribution in [3.8, 4) is 0 Å². The number of piperidine rings is 1. The number of aryl methyl sites for hydroxylation is 1. The molecule has 28 heavy (non-hydrogen) atoms. The second-order valence-electron chi connectivity index (χ2n) is 7.12. The molecule has 0 unspecified atom stereocenters. The van der Waals surface area contributed by atoms with Gasteiger partial charge in [0.15, 0.2) is 5.65 Å². The van der Waals surface area contributed by atoms with Crippen molar-refractivity contribution in [2.45, 2.75) is 32.4 Å². The summed E-state index contributed by atoms with van der Waals surface area (Å²) in [6, 6.07) is 5.64. The van der Waals surface area contributed by atoms with E-state index in [4.69, 9.17) is 4.74 Å². The van der Waals surface area contributed by atoms with Gasteiger partial charge in [0.05, 0.1) is 29.6 Å². The van der Waals surface area contributed by atoms with E-state index in [1.165, 1.54) is 11.3 Å². The molecule has 0 aromatic carbocycles. The van der Waals surface area contributed by atoms with Crippen LogP contribution in [0.15, 0.2) is 34.6 Å². The minimum absolute atomic E-state index is 0.0568. The normalized spacial score (nSPS) is 17.4. The molecule has 148 valence electrons. The zero-order valence-corrected chi connectivity index (χ0v) is 16.9. The highest BCUT2D eigenvalue weighted by Crippen LogP contribution is 2.27. The fraction of sp³-hybridized carbons (Fsp3) is 0.450. The maximum atomic E-state index is 13.2. The number of ether oxygens (including phenoxy) is 1. The molecule has 4 rings (SSSR count). The number of amides is 1. The smallest absolute Gasteiger partial charge is 0.330 e. The Morgan fingerprint density at radius 3 is 3.00 bits per heavy atom. The average molecular weight is 401 g/mol. The zero-order chi connectivity index (χ0) is 19.7. The molecule has 0 saturated carbocycles. The van der Waals surface area contributed by atoms with Crippen molar-refractivity contribution in [3.63, 3.8) is 0 Å². The summed E-state index contributed by atoms with van der Waals surface area (Å²) in [5.74, 6) is 0.0568. The summed E-state index contributed by atoms with van der Waals surface area (Å²) in [6.45, 7) is 4.14. The molecule has 3 aromatic heterocycles. The van der Waals surface area contributed by atoms with E-state index in [9.17, 15) is 9.59 Å². The first-order chi connectivity index (χ1) is 13.6. The number of thiophene rings is 1. The molecule has 3 aromatic rings. The lowest BCUT2D eigenvalue weighted by atomic mass is 10.0. The molecule has 1 aliphatic heterocycles. The van der Waals surface area contributed by atoms with E-state index in [1.54, 1.807) is 22.4 Å². The van der Waals surface area contributed by atoms with Gasteiger partial charge in [-0.15, -0.1) is 11.3 Å². The fourth-order valence-corrected chi connectivity index (χ4v) is 4.81. The first kappa shape index (κ1) is 18.9. The van der Waals surface area contributed by atoms with Gasteiger partial charge in [-0.25, -0.2) is 9.78 Å². The fourth-order valence-electron chi connectivity index (χ4n) is 3.92. The largest absolute Gasteiger partial charge is 0.383 e. The van der Waals surface area contributed by atoms with E-state index in [1.807, 2.05) is 35.4 Å². The van der Waals surface area contributed by atoms with Crippen molar-refractivity contribution in [3.05, 3.63) is 50.7 Å². The number of methoxy groups -OCH3 is 1. The monoisotopic (exact) mass is 400 g/mol. The maximum absolute atomic E-state index is 13.2. The maximum Gasteiger partial charge on any atom is 0.330 e. The summed E-state index contributed by atoms with van der Waals surface area (Å²) < 4.78 is 8.65. The number of likely N-dealkylation sites (tertiary alicyclic amines) is 1. The van der Waals surface area contributed by atoms with Crippen LogP contribution >= 0.6 is 11.3 Å². The standard InChI is InChI=1S/C20H24N4O3S/c1-14-7-12-28-17(14)19(25)22-9-4-5-15(13-22)24-18-16(6-3-8-21-18)23(20(24)26)10-11-27-2/h3,6-8,12,15H,4-5,9-11,13H2,1-2H3/t15-/m0/s1. The molecule has 1 fully saturated rings. The minimum atomic E-state index is -0.0858. The van der Waals surface area contributed by atoms with E-state index >= 15 is 0 Å². The molecule has 1 aliphatic rings. The summed E-state index contributed by atoms with van der Waals surface area (Å²) in [6.07, 6.45) is 3.43. The molecular formula is C20H24N4O3S. The lowest BCUT2D eigenvalue weighted by Crippen LogP contribution is -2.43. The Labute approximate surface area is 167 Å². The van der Waals surface area contributed by atoms with Gasteiger partial charge in [0.2, 0.25) is 0 Å². The Kier molecular flexibility index (Phi) is 5.32. The summed E-state index contributed by atoms with van der Waals surface area (Å²) >= 11 is 1.48. The molecule has 8 heteroatoms. The number of fused-ring (bicyclic) bond motifs is 1. The summed E-state index contributed by atoms with van der Waals surface area (Å²) in [5.41, 5.74) is 2.40. The lowest BCUT2D eigenvalue weighted by molar-refractivity contribution is 0.0683. The SMILES string of the molecule is COCCn1c(=O)n([C@H]2CCCN(C(=O)c3sccc3C)C2)c2ncccc21. The van der Waals surface area contributed by atoms with E-state index in [-0.39, 0.29) is 17.6 Å². The first-order valence-corrected chi connectivity index (χ1v) is 10.4. The Morgan fingerprint density at radius 2 is 2.25 bits per heavy atom. The van der Waals surface area contributed by atoms with E-state index in [2.05, 4.69) is 4.98 Å². The van der Waals surface area contributed by atoms with Crippen molar-refractivity contribution < 1.29 is 9.53 Å². The predicted octanol–water partition coefficient (Wildman–Crippen LogP) is 2.69. The van der Waals surface area contributed by atoms with Crippen LogP contribution in [0.5, 0.6) is 0 Å². The van der Waals surface area contributed by atoms with Crippen LogP contribution < -0.4 is 5.69 Å². The second-order valence-corrected chi connectivity index (χ2v) is 8.04. The van der Waals surface area contributed by atoms with Gasteiger partial charge in [0, 0.05) is 26.4 Å². The average Bonchev–Trinajstić information content (AvgIpc) is 3.26. The number of carbonyl (C=O) groups excluding carboxylic acids is 1. The lowest BCUT2D eigenvalue weighted by Gasteiger charge is -2.33. The van der Waals surface area contributed by atoms with E-state index < -0.39 is 0 Å². The van der Waals surface area contributed by atoms with Crippen LogP contribution in [0.4, 0.5) is 0 Å². The van der Waals surface area contributed by atoms with E-state index in [0.29, 0.717) is 25.3 Å². The molecule has 0 aliphatic carbocycles. The first-order valence-electron chi connectivity index (χ1n) is 9.50. The van der Waals surface area contributed by atoms with Gasteiger partial charge in [0.1, 0.15) is 0 Å². The highest BCUT2D eigenvalue weighted by molar-refractivity contribution is 7.12. The number of rotatable bonds is 5. The number of hydrogen-bond donors (Lipinski definition) is 0. The van der Waals surface area contributed by atoms with Gasteiger partial charge >= 0.3 is 5.69 Å². The molecule has 0 N–H and O–H groups in total. The van der Waals surface area contributed by atoms with Crippen molar-refractivity contribution in [2.24, 2.45) is 0 Å². The number of hydrogen-bond acceptors (Lipinski definition) is 5. The quantitative estimate of drug-likeness (QED) is 0.660. The van der Waals surface area contributed by atoms with Gasteiger partial charge in [-0.3, -0.25) is 13.9 Å². The number of imidazole rings is 1. The van der Waals surface area contributed by atoms with Crippen molar-refractivity contribution in [1.82, 2.24) is 19.0 Å². The predicted molar refractivity (Wildman–Crippen MR) is 109 cm³/mol. The Hall–Kier alpha value is -2.45. The van der Waals surface area contributed by atoms with Gasteiger partial charge < -0.3 is 9.64 Å². The van der Waals surface area contributed by atoms with Crippen LogP contribution in [0.3, 0.4) is 0 Å². The topological polar surface area (TPSA) is 69.4 Å². The molecule has 0 radical (unpaired) electrons. The molecule has 1 saturated heterocycles. The molecule has 4 heterocycles. The Balaban J connectivity index is 1.68. The Morgan fingerprint density at radius 1 is 1.39 bits per heavy atom. The molecular weight excluding hydrogens is 376 g/mol. The van der Waals surface area contributed by atoms with Crippen LogP contribution in [-0.2, 0) is 11.3 Å². The van der Waals surface area contributed by atoms with Gasteiger partial charge in [-0.05, 0) is 48.9 Å². The highest BCUT2D eigenvalue weighted by atomic mass is 32.1. The summed E-state index contributed by atoms with van der Waals surface area (Å²) in [4.78, 5) is 33.3. The van der Waals surface area contributed by atoms with Crippen LogP contribution in [0.25, 0.3) is 11.2 Å². The summed E-state index contributed by atoms with van der Waals surface area (Å²) in [5, 5.41) is 1.95. The number of aromatic nitrogens is 3. The third-order valence-corrected chi connectivity index (χ3v) is 6.35. The molecule has 1 amide bonds. The van der Waals surface area contributed by atoms with Crippen molar-refractivity contribution >= 4 is 28.4 Å². The van der Waals surface area contributed by atoms with Crippen molar-refractivity contribution in [2.75, 3.05) is 26.8 Å². The van der Waals surface area contributed by atoms with Gasteiger partial charge in [-0.2, -0.15) is 0 Å². The molecule has 0 bridgehead atoms. The number of pyridine rings is 1.